The van der Waals surface area contributed by atoms with Crippen molar-refractivity contribution in [3.63, 3.8) is 0 Å². The smallest absolute Gasteiger partial charge is 0.217 e. The van der Waals surface area contributed by atoms with Gasteiger partial charge in [-0.3, -0.25) is 14.9 Å². The second-order valence-corrected chi connectivity index (χ2v) is 11.2. The predicted molar refractivity (Wildman–Crippen MR) is 133 cm³/mol. The third-order valence-corrected chi connectivity index (χ3v) is 6.62. The van der Waals surface area contributed by atoms with Crippen molar-refractivity contribution in [1.82, 2.24) is 14.9 Å². The number of benzene rings is 1. The maximum Gasteiger partial charge on any atom is 0.217 e. The first kappa shape index (κ1) is 25.8. The molecule has 3 aromatic rings. The van der Waals surface area contributed by atoms with Crippen LogP contribution in [0.25, 0.3) is 0 Å². The average molecular weight is 515 g/mol. The third kappa shape index (κ3) is 6.92. The molecule has 10 heteroatoms. The zero-order valence-corrected chi connectivity index (χ0v) is 21.0. The van der Waals surface area contributed by atoms with Gasteiger partial charge in [0.15, 0.2) is 21.5 Å². The number of nitrogens with zero attached hydrogens (tertiary/aromatic N) is 4. The molecular weight excluding hydrogens is 486 g/mol. The molecule has 36 heavy (non-hydrogen) atoms. The number of hydrogen-bond donors (Lipinski definition) is 0. The van der Waals surface area contributed by atoms with Crippen molar-refractivity contribution in [3.05, 3.63) is 94.6 Å². The maximum absolute atomic E-state index is 13.8. The number of piperidine rings is 1. The summed E-state index contributed by atoms with van der Waals surface area (Å²) in [6, 6.07) is 11.1. The molecule has 2 aromatic heterocycles. The number of sulfone groups is 1. The molecule has 0 atom stereocenters. The van der Waals surface area contributed by atoms with Gasteiger partial charge in [0.25, 0.3) is 0 Å². The van der Waals surface area contributed by atoms with E-state index in [9.17, 15) is 17.2 Å². The fourth-order valence-corrected chi connectivity index (χ4v) is 4.38. The van der Waals surface area contributed by atoms with Crippen LogP contribution in [0.4, 0.5) is 8.78 Å². The summed E-state index contributed by atoms with van der Waals surface area (Å²) in [5.74, 6) is -2.19. The van der Waals surface area contributed by atoms with E-state index >= 15 is 0 Å². The van der Waals surface area contributed by atoms with E-state index in [4.69, 9.17) is 4.84 Å². The quantitative estimate of drug-likeness (QED) is 0.331. The van der Waals surface area contributed by atoms with Crippen molar-refractivity contribution in [3.8, 4) is 0 Å². The highest BCUT2D eigenvalue weighted by molar-refractivity contribution is 7.90. The van der Waals surface area contributed by atoms with E-state index in [0.29, 0.717) is 11.6 Å². The Balaban J connectivity index is 1.44. The zero-order valence-electron chi connectivity index (χ0n) is 20.2. The molecule has 0 amide bonds. The molecule has 0 saturated carbocycles. The Labute approximate surface area is 209 Å². The summed E-state index contributed by atoms with van der Waals surface area (Å²) >= 11 is 0. The van der Waals surface area contributed by atoms with E-state index in [1.807, 2.05) is 19.2 Å². The lowest BCUT2D eigenvalue weighted by molar-refractivity contribution is 0.190. The molecule has 0 spiro atoms. The Morgan fingerprint density at radius 1 is 1.06 bits per heavy atom. The normalized spacial score (nSPS) is 15.7. The zero-order chi connectivity index (χ0) is 25.7. The molecule has 1 aromatic carbocycles. The number of likely N-dealkylation sites (tertiary alicyclic amines) is 1. The summed E-state index contributed by atoms with van der Waals surface area (Å²) in [5, 5.41) is 3.88. The maximum atomic E-state index is 13.8. The van der Waals surface area contributed by atoms with Crippen molar-refractivity contribution in [2.45, 2.75) is 32.2 Å². The van der Waals surface area contributed by atoms with Crippen molar-refractivity contribution in [2.75, 3.05) is 25.3 Å². The average Bonchev–Trinajstić information content (AvgIpc) is 2.85. The van der Waals surface area contributed by atoms with Gasteiger partial charge >= 0.3 is 0 Å². The second kappa shape index (κ2) is 11.2. The van der Waals surface area contributed by atoms with E-state index in [2.05, 4.69) is 32.2 Å². The van der Waals surface area contributed by atoms with Crippen molar-refractivity contribution < 1.29 is 22.0 Å². The Morgan fingerprint density at radius 3 is 2.44 bits per heavy atom. The van der Waals surface area contributed by atoms with Crippen molar-refractivity contribution in [1.29, 1.82) is 0 Å². The van der Waals surface area contributed by atoms with E-state index < -0.39 is 27.4 Å². The molecule has 7 nitrogen and oxygen atoms in total. The number of oxime groups is 1. The number of halogens is 2. The van der Waals surface area contributed by atoms with E-state index in [0.717, 1.165) is 62.1 Å². The SMILES string of the molecule is Cc1ccc(C2CCN(Cc3ccc(/C(=N\OCS(C)(=O)=O)c4ccc(F)c(F)c4)nc3)CC2)cn1. The molecule has 4 rings (SSSR count). The van der Waals surface area contributed by atoms with Crippen LogP contribution in [-0.4, -0.2) is 54.3 Å². The molecule has 1 aliphatic rings. The minimum absolute atomic E-state index is 0.108. The molecule has 1 aliphatic heterocycles. The fraction of sp³-hybridized carbons (Fsp3) is 0.346. The number of rotatable bonds is 8. The molecule has 0 bridgehead atoms. The lowest BCUT2D eigenvalue weighted by Crippen LogP contribution is -2.32. The van der Waals surface area contributed by atoms with E-state index in [1.165, 1.54) is 11.6 Å². The molecule has 0 unspecified atom stereocenters. The molecule has 0 N–H and O–H groups in total. The molecule has 1 saturated heterocycles. The molecular formula is C26H28F2N4O3S. The minimum atomic E-state index is -3.44. The van der Waals surface area contributed by atoms with Crippen LogP contribution in [0.1, 0.15) is 46.8 Å². The lowest BCUT2D eigenvalue weighted by atomic mass is 9.90. The van der Waals surface area contributed by atoms with Crippen LogP contribution in [0, 0.1) is 18.6 Å². The van der Waals surface area contributed by atoms with Crippen LogP contribution in [-0.2, 0) is 21.2 Å². The monoisotopic (exact) mass is 514 g/mol. The van der Waals surface area contributed by atoms with Gasteiger partial charge in [0.1, 0.15) is 5.71 Å². The van der Waals surface area contributed by atoms with Gasteiger partial charge in [-0.05, 0) is 80.2 Å². The second-order valence-electron chi connectivity index (χ2n) is 9.08. The minimum Gasteiger partial charge on any atom is -0.379 e. The Kier molecular flexibility index (Phi) is 8.05. The summed E-state index contributed by atoms with van der Waals surface area (Å²) in [7, 11) is -3.44. The molecule has 0 aliphatic carbocycles. The van der Waals surface area contributed by atoms with Gasteiger partial charge in [-0.15, -0.1) is 0 Å². The first-order valence-corrected chi connectivity index (χ1v) is 13.7. The van der Waals surface area contributed by atoms with E-state index in [-0.39, 0.29) is 11.3 Å². The van der Waals surface area contributed by atoms with Gasteiger partial charge in [0, 0.05) is 36.5 Å². The van der Waals surface area contributed by atoms with Crippen LogP contribution in [0.2, 0.25) is 0 Å². The third-order valence-electron chi connectivity index (χ3n) is 6.08. The molecule has 3 heterocycles. The standard InChI is InChI=1S/C26H28F2N4O3S/c1-18-3-5-22(15-29-18)20-9-11-32(12-10-20)16-19-4-8-25(30-14-19)26(31-35-17-36(2,33)34)21-6-7-23(27)24(28)13-21/h3-8,13-15,20H,9-12,16-17H2,1-2H3/b31-26-. The summed E-state index contributed by atoms with van der Waals surface area (Å²) < 4.78 is 50.1. The molecule has 0 radical (unpaired) electrons. The van der Waals surface area contributed by atoms with Crippen molar-refractivity contribution in [2.24, 2.45) is 5.16 Å². The van der Waals surface area contributed by atoms with Gasteiger partial charge < -0.3 is 4.84 Å². The number of aryl methyl sites for hydroxylation is 1. The number of aromatic nitrogens is 2. The van der Waals surface area contributed by atoms with Crippen LogP contribution in [0.5, 0.6) is 0 Å². The molecule has 190 valence electrons. The fourth-order valence-electron chi connectivity index (χ4n) is 4.14. The van der Waals surface area contributed by atoms with Crippen LogP contribution in [0.15, 0.2) is 60.0 Å². The Hall–Kier alpha value is -3.24. The molecule has 1 fully saturated rings. The predicted octanol–water partition coefficient (Wildman–Crippen LogP) is 4.21. The number of hydrogen-bond acceptors (Lipinski definition) is 7. The first-order chi connectivity index (χ1) is 17.2. The van der Waals surface area contributed by atoms with Crippen LogP contribution < -0.4 is 0 Å². The highest BCUT2D eigenvalue weighted by Crippen LogP contribution is 2.28. The summed E-state index contributed by atoms with van der Waals surface area (Å²) in [4.78, 5) is 16.2. The Morgan fingerprint density at radius 2 is 1.83 bits per heavy atom. The van der Waals surface area contributed by atoms with Gasteiger partial charge in [-0.1, -0.05) is 17.3 Å². The summed E-state index contributed by atoms with van der Waals surface area (Å²) in [5.41, 5.74) is 3.98. The number of pyridine rings is 2. The van der Waals surface area contributed by atoms with Gasteiger partial charge in [-0.2, -0.15) is 0 Å². The van der Waals surface area contributed by atoms with Gasteiger partial charge in [-0.25, -0.2) is 17.2 Å². The van der Waals surface area contributed by atoms with Crippen LogP contribution in [0.3, 0.4) is 0 Å². The lowest BCUT2D eigenvalue weighted by Gasteiger charge is -2.32. The Bertz CT molecular complexity index is 1320. The van der Waals surface area contributed by atoms with E-state index in [1.54, 1.807) is 12.3 Å². The summed E-state index contributed by atoms with van der Waals surface area (Å²) in [6.45, 7) is 4.64. The van der Waals surface area contributed by atoms with Crippen molar-refractivity contribution >= 4 is 15.5 Å². The van der Waals surface area contributed by atoms with Gasteiger partial charge in [0.2, 0.25) is 5.94 Å². The largest absolute Gasteiger partial charge is 0.379 e. The highest BCUT2D eigenvalue weighted by Gasteiger charge is 2.21. The van der Waals surface area contributed by atoms with Gasteiger partial charge in [0.05, 0.1) is 5.69 Å². The highest BCUT2D eigenvalue weighted by atomic mass is 32.2. The first-order valence-electron chi connectivity index (χ1n) is 11.6. The summed E-state index contributed by atoms with van der Waals surface area (Å²) in [6.07, 6.45) is 6.80. The van der Waals surface area contributed by atoms with Crippen LogP contribution >= 0.6 is 0 Å². The topological polar surface area (TPSA) is 84.8 Å².